The lowest BCUT2D eigenvalue weighted by Gasteiger charge is -2.26. The minimum absolute atomic E-state index is 0.691. The van der Waals surface area contributed by atoms with E-state index in [-0.39, 0.29) is 0 Å². The number of nitrogens with zero attached hydrogens (tertiary/aromatic N) is 3. The number of hydrogen-bond donors (Lipinski definition) is 1. The summed E-state index contributed by atoms with van der Waals surface area (Å²) in [5, 5.41) is 5.77. The Morgan fingerprint density at radius 2 is 2.06 bits per heavy atom. The summed E-state index contributed by atoms with van der Waals surface area (Å²) >= 11 is 0. The fourth-order valence-electron chi connectivity index (χ4n) is 1.45. The number of hydrogen-bond acceptors (Lipinski definition) is 4. The van der Waals surface area contributed by atoms with Gasteiger partial charge >= 0.3 is 0 Å². The van der Waals surface area contributed by atoms with Crippen molar-refractivity contribution in [1.82, 2.24) is 5.53 Å². The van der Waals surface area contributed by atoms with Crippen LogP contribution in [0.2, 0.25) is 0 Å². The van der Waals surface area contributed by atoms with Gasteiger partial charge in [0.15, 0.2) is 5.82 Å². The van der Waals surface area contributed by atoms with Gasteiger partial charge in [0.05, 0.1) is 11.9 Å². The van der Waals surface area contributed by atoms with Crippen molar-refractivity contribution < 1.29 is 0 Å². The standard InChI is InChI=1S/C12H12N4/c1-3-10-9-14-15-16(12(10)13-2)11-7-5-4-6-8-11/h3-9,15H,1-2H2. The lowest BCUT2D eigenvalue weighted by Crippen LogP contribution is -2.36. The van der Waals surface area contributed by atoms with E-state index in [4.69, 9.17) is 0 Å². The van der Waals surface area contributed by atoms with Crippen LogP contribution in [0.25, 0.3) is 0 Å². The van der Waals surface area contributed by atoms with E-state index in [1.54, 1.807) is 17.3 Å². The summed E-state index contributed by atoms with van der Waals surface area (Å²) in [5.74, 6) is 0.691. The average Bonchev–Trinajstić information content (AvgIpc) is 2.38. The molecule has 0 amide bonds. The number of hydrazone groups is 1. The van der Waals surface area contributed by atoms with Gasteiger partial charge in [-0.25, -0.2) is 15.5 Å². The van der Waals surface area contributed by atoms with Crippen LogP contribution in [0.3, 0.4) is 0 Å². The van der Waals surface area contributed by atoms with Crippen molar-refractivity contribution in [1.29, 1.82) is 0 Å². The summed E-state index contributed by atoms with van der Waals surface area (Å²) in [6, 6.07) is 9.77. The molecule has 4 nitrogen and oxygen atoms in total. The Kier molecular flexibility index (Phi) is 2.82. The smallest absolute Gasteiger partial charge is 0.161 e. The largest absolute Gasteiger partial charge is 0.244 e. The van der Waals surface area contributed by atoms with E-state index in [0.717, 1.165) is 11.3 Å². The molecule has 1 aromatic rings. The Hall–Kier alpha value is -2.36. The zero-order valence-electron chi connectivity index (χ0n) is 8.80. The number of nitrogens with one attached hydrogen (secondary N) is 1. The number of rotatable bonds is 3. The second kappa shape index (κ2) is 4.44. The van der Waals surface area contributed by atoms with Crippen molar-refractivity contribution in [2.45, 2.75) is 0 Å². The molecule has 1 aliphatic heterocycles. The molecule has 0 atom stereocenters. The van der Waals surface area contributed by atoms with Gasteiger partial charge in [-0.05, 0) is 18.9 Å². The van der Waals surface area contributed by atoms with Gasteiger partial charge in [0.1, 0.15) is 0 Å². The maximum Gasteiger partial charge on any atom is 0.161 e. The number of benzene rings is 1. The topological polar surface area (TPSA) is 40.0 Å². The first-order valence-electron chi connectivity index (χ1n) is 4.84. The molecule has 0 radical (unpaired) electrons. The van der Waals surface area contributed by atoms with E-state index in [2.05, 4.69) is 28.9 Å². The van der Waals surface area contributed by atoms with Crippen LogP contribution in [0.1, 0.15) is 0 Å². The van der Waals surface area contributed by atoms with Crippen LogP contribution < -0.4 is 10.5 Å². The Balaban J connectivity index is 2.44. The van der Waals surface area contributed by atoms with Gasteiger partial charge < -0.3 is 0 Å². The zero-order valence-corrected chi connectivity index (χ0v) is 8.80. The molecule has 1 aromatic carbocycles. The second-order valence-electron chi connectivity index (χ2n) is 3.17. The minimum Gasteiger partial charge on any atom is -0.244 e. The van der Waals surface area contributed by atoms with Gasteiger partial charge in [-0.3, -0.25) is 0 Å². The maximum absolute atomic E-state index is 4.02. The molecule has 1 aliphatic rings. The third-order valence-corrected chi connectivity index (χ3v) is 2.22. The highest BCUT2D eigenvalue weighted by Gasteiger charge is 2.15. The maximum atomic E-state index is 4.02. The summed E-state index contributed by atoms with van der Waals surface area (Å²) < 4.78 is 0. The van der Waals surface area contributed by atoms with E-state index in [1.807, 2.05) is 30.3 Å². The summed E-state index contributed by atoms with van der Waals surface area (Å²) in [6.45, 7) is 7.28. The van der Waals surface area contributed by atoms with Gasteiger partial charge in [-0.2, -0.15) is 5.10 Å². The van der Waals surface area contributed by atoms with E-state index >= 15 is 0 Å². The second-order valence-corrected chi connectivity index (χ2v) is 3.17. The van der Waals surface area contributed by atoms with Crippen LogP contribution in [0.5, 0.6) is 0 Å². The van der Waals surface area contributed by atoms with Crippen molar-refractivity contribution in [2.24, 2.45) is 10.1 Å². The molecule has 0 aromatic heterocycles. The molecule has 0 unspecified atom stereocenters. The molecule has 1 heterocycles. The van der Waals surface area contributed by atoms with Crippen molar-refractivity contribution in [3.63, 3.8) is 0 Å². The number of aliphatic imine (C=N–C) groups is 1. The van der Waals surface area contributed by atoms with Crippen LogP contribution in [0.15, 0.2) is 64.5 Å². The van der Waals surface area contributed by atoms with Gasteiger partial charge in [-0.15, -0.1) is 0 Å². The first-order valence-corrected chi connectivity index (χ1v) is 4.84. The van der Waals surface area contributed by atoms with Crippen LogP contribution in [-0.4, -0.2) is 12.9 Å². The number of hydrazine groups is 1. The Bertz CT molecular complexity index is 459. The van der Waals surface area contributed by atoms with Gasteiger partial charge in [0.2, 0.25) is 0 Å². The summed E-state index contributed by atoms with van der Waals surface area (Å²) in [5.41, 5.74) is 4.64. The molecule has 0 bridgehead atoms. The monoisotopic (exact) mass is 212 g/mol. The molecular formula is C12H12N4. The highest BCUT2D eigenvalue weighted by atomic mass is 15.7. The predicted octanol–water partition coefficient (Wildman–Crippen LogP) is 2.10. The van der Waals surface area contributed by atoms with Crippen molar-refractivity contribution in [3.05, 3.63) is 54.4 Å². The lowest BCUT2D eigenvalue weighted by atomic mass is 10.2. The molecule has 0 spiro atoms. The summed E-state index contributed by atoms with van der Waals surface area (Å²) in [4.78, 5) is 3.99. The molecule has 0 saturated heterocycles. The van der Waals surface area contributed by atoms with Crippen molar-refractivity contribution in [3.8, 4) is 0 Å². The number of anilines is 1. The molecule has 0 saturated carbocycles. The fourth-order valence-corrected chi connectivity index (χ4v) is 1.45. The minimum atomic E-state index is 0.691. The van der Waals surface area contributed by atoms with E-state index in [9.17, 15) is 0 Å². The molecule has 1 N–H and O–H groups in total. The van der Waals surface area contributed by atoms with Gasteiger partial charge in [0.25, 0.3) is 0 Å². The highest BCUT2D eigenvalue weighted by Crippen LogP contribution is 2.21. The third kappa shape index (κ3) is 1.72. The van der Waals surface area contributed by atoms with E-state index in [1.165, 1.54) is 0 Å². The summed E-state index contributed by atoms with van der Waals surface area (Å²) in [7, 11) is 0. The van der Waals surface area contributed by atoms with Gasteiger partial charge in [-0.1, -0.05) is 30.9 Å². The zero-order chi connectivity index (χ0) is 11.4. The van der Waals surface area contributed by atoms with Crippen LogP contribution in [-0.2, 0) is 0 Å². The third-order valence-electron chi connectivity index (χ3n) is 2.22. The molecule has 4 heteroatoms. The Morgan fingerprint density at radius 1 is 1.31 bits per heavy atom. The first kappa shape index (κ1) is 10.2. The molecule has 16 heavy (non-hydrogen) atoms. The number of allylic oxidation sites excluding steroid dienone is 2. The van der Waals surface area contributed by atoms with Crippen LogP contribution in [0.4, 0.5) is 5.69 Å². The van der Waals surface area contributed by atoms with E-state index in [0.29, 0.717) is 5.82 Å². The molecular weight excluding hydrogens is 200 g/mol. The van der Waals surface area contributed by atoms with Crippen molar-refractivity contribution in [2.75, 3.05) is 5.01 Å². The first-order chi connectivity index (χ1) is 7.86. The molecule has 80 valence electrons. The predicted molar refractivity (Wildman–Crippen MR) is 67.3 cm³/mol. The Labute approximate surface area is 94.3 Å². The normalized spacial score (nSPS) is 14.6. The summed E-state index contributed by atoms with van der Waals surface area (Å²) in [6.07, 6.45) is 3.36. The van der Waals surface area contributed by atoms with Crippen molar-refractivity contribution >= 4 is 18.6 Å². The molecule has 0 fully saturated rings. The SMILES string of the molecule is C=CC1=C(N=C)N(c2ccccc2)NN=C1. The van der Waals surface area contributed by atoms with Crippen LogP contribution >= 0.6 is 0 Å². The lowest BCUT2D eigenvalue weighted by molar-refractivity contribution is 0.710. The van der Waals surface area contributed by atoms with Crippen LogP contribution in [0, 0.1) is 0 Å². The molecule has 2 rings (SSSR count). The molecule has 0 aliphatic carbocycles. The van der Waals surface area contributed by atoms with Gasteiger partial charge in [0, 0.05) is 5.57 Å². The highest BCUT2D eigenvalue weighted by molar-refractivity contribution is 5.85. The number of para-hydroxylation sites is 1. The fraction of sp³-hybridized carbons (Fsp3) is 0. The average molecular weight is 212 g/mol. The van der Waals surface area contributed by atoms with E-state index < -0.39 is 0 Å². The quantitative estimate of drug-likeness (QED) is 0.779. The Morgan fingerprint density at radius 3 is 2.69 bits per heavy atom.